The van der Waals surface area contributed by atoms with Crippen LogP contribution >= 0.6 is 0 Å². The second kappa shape index (κ2) is 10.3. The minimum atomic E-state index is -3.23. The van der Waals surface area contributed by atoms with Crippen molar-refractivity contribution in [1.29, 1.82) is 0 Å². The molecule has 0 aliphatic heterocycles. The van der Waals surface area contributed by atoms with Gasteiger partial charge in [-0.2, -0.15) is 0 Å². The molecule has 29 heavy (non-hydrogen) atoms. The van der Waals surface area contributed by atoms with E-state index in [-0.39, 0.29) is 25.1 Å². The van der Waals surface area contributed by atoms with Crippen LogP contribution in [0.15, 0.2) is 48.5 Å². The summed E-state index contributed by atoms with van der Waals surface area (Å²) in [6, 6.07) is 14.5. The Labute approximate surface area is 172 Å². The summed E-state index contributed by atoms with van der Waals surface area (Å²) in [7, 11) is -1.71. The number of para-hydroxylation sites is 1. The van der Waals surface area contributed by atoms with Gasteiger partial charge in [-0.15, -0.1) is 0 Å². The Hall–Kier alpha value is -2.58. The molecule has 8 heteroatoms. The minimum absolute atomic E-state index is 0.114. The number of rotatable bonds is 10. The number of ether oxygens (including phenoxy) is 2. The van der Waals surface area contributed by atoms with E-state index >= 15 is 0 Å². The molecule has 158 valence electrons. The topological polar surface area (TPSA) is 84.9 Å². The number of carbonyl (C=O) groups is 1. The Kier molecular flexibility index (Phi) is 8.04. The molecule has 0 unspecified atom stereocenters. The summed E-state index contributed by atoms with van der Waals surface area (Å²) < 4.78 is 35.4. The van der Waals surface area contributed by atoms with Gasteiger partial charge in [0.25, 0.3) is 5.91 Å². The van der Waals surface area contributed by atoms with Crippen LogP contribution in [0.3, 0.4) is 0 Å². The van der Waals surface area contributed by atoms with Gasteiger partial charge in [0.15, 0.2) is 6.61 Å². The molecule has 0 spiro atoms. The van der Waals surface area contributed by atoms with Crippen molar-refractivity contribution in [3.63, 3.8) is 0 Å². The minimum Gasteiger partial charge on any atom is -0.491 e. The van der Waals surface area contributed by atoms with Crippen LogP contribution in [0.2, 0.25) is 0 Å². The van der Waals surface area contributed by atoms with Crippen molar-refractivity contribution in [1.82, 2.24) is 9.62 Å². The lowest BCUT2D eigenvalue weighted by Crippen LogP contribution is -2.39. The molecule has 0 heterocycles. The third-order valence-electron chi connectivity index (χ3n) is 4.25. The van der Waals surface area contributed by atoms with Crippen LogP contribution in [0.1, 0.15) is 18.1 Å². The highest BCUT2D eigenvalue weighted by Crippen LogP contribution is 2.16. The highest BCUT2D eigenvalue weighted by molar-refractivity contribution is 7.88. The SMILES string of the molecule is Cc1ccccc1OC[C@H](C)NC(=O)COc1ccc(CN(C)S(C)(=O)=O)cc1. The molecule has 7 nitrogen and oxygen atoms in total. The molecule has 2 rings (SSSR count). The second-order valence-corrected chi connectivity index (χ2v) is 9.09. The van der Waals surface area contributed by atoms with Crippen molar-refractivity contribution in [3.8, 4) is 11.5 Å². The lowest BCUT2D eigenvalue weighted by molar-refractivity contribution is -0.123. The molecule has 0 bridgehead atoms. The summed E-state index contributed by atoms with van der Waals surface area (Å²) in [6.07, 6.45) is 1.16. The average Bonchev–Trinajstić information content (AvgIpc) is 2.66. The molecule has 0 saturated heterocycles. The van der Waals surface area contributed by atoms with E-state index in [1.165, 1.54) is 11.4 Å². The van der Waals surface area contributed by atoms with Gasteiger partial charge in [-0.05, 0) is 43.2 Å². The summed E-state index contributed by atoms with van der Waals surface area (Å²) in [5, 5.41) is 2.83. The van der Waals surface area contributed by atoms with Crippen LogP contribution < -0.4 is 14.8 Å². The number of aryl methyl sites for hydroxylation is 1. The lowest BCUT2D eigenvalue weighted by Gasteiger charge is -2.16. The van der Waals surface area contributed by atoms with Gasteiger partial charge in [-0.3, -0.25) is 4.79 Å². The normalized spacial score (nSPS) is 12.4. The van der Waals surface area contributed by atoms with E-state index < -0.39 is 10.0 Å². The van der Waals surface area contributed by atoms with Gasteiger partial charge in [-0.1, -0.05) is 30.3 Å². The highest BCUT2D eigenvalue weighted by atomic mass is 32.2. The summed E-state index contributed by atoms with van der Waals surface area (Å²) in [6.45, 7) is 4.36. The molecule has 2 aromatic rings. The highest BCUT2D eigenvalue weighted by Gasteiger charge is 2.12. The van der Waals surface area contributed by atoms with Gasteiger partial charge in [0.05, 0.1) is 12.3 Å². The van der Waals surface area contributed by atoms with E-state index in [9.17, 15) is 13.2 Å². The van der Waals surface area contributed by atoms with E-state index in [1.807, 2.05) is 38.1 Å². The van der Waals surface area contributed by atoms with Crippen molar-refractivity contribution in [2.24, 2.45) is 0 Å². The molecule has 0 radical (unpaired) electrons. The first-order chi connectivity index (χ1) is 13.6. The predicted molar refractivity (Wildman–Crippen MR) is 113 cm³/mol. The largest absolute Gasteiger partial charge is 0.491 e. The quantitative estimate of drug-likeness (QED) is 0.638. The maximum atomic E-state index is 12.1. The van der Waals surface area contributed by atoms with E-state index in [4.69, 9.17) is 9.47 Å². The average molecular weight is 421 g/mol. The van der Waals surface area contributed by atoms with Gasteiger partial charge in [0.2, 0.25) is 10.0 Å². The van der Waals surface area contributed by atoms with Crippen molar-refractivity contribution < 1.29 is 22.7 Å². The first-order valence-corrected chi connectivity index (χ1v) is 11.1. The fourth-order valence-corrected chi connectivity index (χ4v) is 2.89. The standard InChI is InChI=1S/C21H28N2O5S/c1-16-7-5-6-8-20(16)28-14-17(2)22-21(24)15-27-19-11-9-18(10-12-19)13-23(3)29(4,25)26/h5-12,17H,13-15H2,1-4H3,(H,22,24)/t17-/m0/s1. The molecule has 1 atom stereocenters. The van der Waals surface area contributed by atoms with E-state index in [0.717, 1.165) is 23.1 Å². The van der Waals surface area contributed by atoms with Crippen LogP contribution in [0.5, 0.6) is 11.5 Å². The zero-order chi connectivity index (χ0) is 21.4. The molecule has 0 aliphatic rings. The number of benzene rings is 2. The first kappa shape index (κ1) is 22.7. The molecule has 0 saturated carbocycles. The first-order valence-electron chi connectivity index (χ1n) is 9.26. The third-order valence-corrected chi connectivity index (χ3v) is 5.52. The third kappa shape index (κ3) is 7.75. The molecular weight excluding hydrogens is 392 g/mol. The monoisotopic (exact) mass is 420 g/mol. The predicted octanol–water partition coefficient (Wildman–Crippen LogP) is 2.35. The van der Waals surface area contributed by atoms with Gasteiger partial charge < -0.3 is 14.8 Å². The molecule has 0 aliphatic carbocycles. The van der Waals surface area contributed by atoms with Crippen molar-refractivity contribution in [2.75, 3.05) is 26.5 Å². The van der Waals surface area contributed by atoms with Crippen molar-refractivity contribution in [3.05, 3.63) is 59.7 Å². The van der Waals surface area contributed by atoms with Crippen LogP contribution in [-0.4, -0.2) is 51.2 Å². The Bertz CT molecular complexity index is 913. The second-order valence-electron chi connectivity index (χ2n) is 7.00. The Morgan fingerprint density at radius 2 is 1.76 bits per heavy atom. The maximum absolute atomic E-state index is 12.1. The number of nitrogens with zero attached hydrogens (tertiary/aromatic N) is 1. The number of carbonyl (C=O) groups excluding carboxylic acids is 1. The Morgan fingerprint density at radius 1 is 1.10 bits per heavy atom. The zero-order valence-electron chi connectivity index (χ0n) is 17.2. The fourth-order valence-electron chi connectivity index (χ4n) is 2.51. The maximum Gasteiger partial charge on any atom is 0.258 e. The molecule has 1 N–H and O–H groups in total. The number of sulfonamides is 1. The van der Waals surface area contributed by atoms with Crippen LogP contribution in [0, 0.1) is 6.92 Å². The summed E-state index contributed by atoms with van der Waals surface area (Å²) in [5.74, 6) is 1.09. The number of hydrogen-bond donors (Lipinski definition) is 1. The van der Waals surface area contributed by atoms with Crippen LogP contribution in [-0.2, 0) is 21.4 Å². The van der Waals surface area contributed by atoms with Crippen molar-refractivity contribution in [2.45, 2.75) is 26.4 Å². The fraction of sp³-hybridized carbons (Fsp3) is 0.381. The molecule has 0 fully saturated rings. The zero-order valence-corrected chi connectivity index (χ0v) is 18.0. The Morgan fingerprint density at radius 3 is 2.38 bits per heavy atom. The van der Waals surface area contributed by atoms with E-state index in [1.54, 1.807) is 24.3 Å². The van der Waals surface area contributed by atoms with Crippen LogP contribution in [0.25, 0.3) is 0 Å². The molecule has 0 aromatic heterocycles. The molecular formula is C21H28N2O5S. The van der Waals surface area contributed by atoms with Crippen molar-refractivity contribution >= 4 is 15.9 Å². The number of nitrogens with one attached hydrogen (secondary N) is 1. The summed E-state index contributed by atoms with van der Waals surface area (Å²) in [5.41, 5.74) is 1.87. The van der Waals surface area contributed by atoms with Gasteiger partial charge in [-0.25, -0.2) is 12.7 Å². The lowest BCUT2D eigenvalue weighted by atomic mass is 10.2. The van der Waals surface area contributed by atoms with Crippen LogP contribution in [0.4, 0.5) is 0 Å². The van der Waals surface area contributed by atoms with Gasteiger partial charge >= 0.3 is 0 Å². The number of amides is 1. The molecule has 2 aromatic carbocycles. The smallest absolute Gasteiger partial charge is 0.258 e. The Balaban J connectivity index is 1.75. The van der Waals surface area contributed by atoms with Gasteiger partial charge in [0, 0.05) is 13.6 Å². The summed E-state index contributed by atoms with van der Waals surface area (Å²) >= 11 is 0. The molecule has 1 amide bonds. The summed E-state index contributed by atoms with van der Waals surface area (Å²) in [4.78, 5) is 12.1. The number of hydrogen-bond acceptors (Lipinski definition) is 5. The van der Waals surface area contributed by atoms with E-state index in [0.29, 0.717) is 12.4 Å². The van der Waals surface area contributed by atoms with E-state index in [2.05, 4.69) is 5.32 Å². The van der Waals surface area contributed by atoms with Gasteiger partial charge in [0.1, 0.15) is 18.1 Å².